The smallest absolute Gasteiger partial charge is 0.160 e. The van der Waals surface area contributed by atoms with Gasteiger partial charge in [0.05, 0.1) is 6.10 Å². The predicted molar refractivity (Wildman–Crippen MR) is 68.2 cm³/mol. The summed E-state index contributed by atoms with van der Waals surface area (Å²) in [7, 11) is 0. The molecule has 18 heavy (non-hydrogen) atoms. The first kappa shape index (κ1) is 11.6. The highest BCUT2D eigenvalue weighted by Crippen LogP contribution is 2.17. The highest BCUT2D eigenvalue weighted by Gasteiger charge is 2.17. The summed E-state index contributed by atoms with van der Waals surface area (Å²) in [6.07, 6.45) is 6.51. The maximum absolute atomic E-state index is 5.72. The highest BCUT2D eigenvalue weighted by molar-refractivity contribution is 5.46. The van der Waals surface area contributed by atoms with Crippen LogP contribution in [0.1, 0.15) is 30.7 Å². The number of hydrogen-bond donors (Lipinski definition) is 1. The van der Waals surface area contributed by atoms with Crippen LogP contribution in [0, 0.1) is 0 Å². The molecule has 3 rings (SSSR count). The first-order chi connectivity index (χ1) is 8.86. The minimum absolute atomic E-state index is 0.275. The average molecular weight is 246 g/mol. The molecule has 1 aliphatic rings. The fourth-order valence-electron chi connectivity index (χ4n) is 2.42. The summed E-state index contributed by atoms with van der Waals surface area (Å²) < 4.78 is 7.53. The molecule has 0 amide bonds. The SMILES string of the molecule is NCc1cccn2nc(CC3CCCCO3)nc12. The summed E-state index contributed by atoms with van der Waals surface area (Å²) in [6.45, 7) is 1.36. The van der Waals surface area contributed by atoms with Gasteiger partial charge in [-0.1, -0.05) is 6.07 Å². The molecule has 1 fully saturated rings. The molecule has 0 saturated carbocycles. The lowest BCUT2D eigenvalue weighted by Crippen LogP contribution is -2.21. The van der Waals surface area contributed by atoms with Crippen LogP contribution in [-0.2, 0) is 17.7 Å². The largest absolute Gasteiger partial charge is 0.378 e. The molecule has 1 saturated heterocycles. The Labute approximate surface area is 106 Å². The zero-order chi connectivity index (χ0) is 12.4. The number of rotatable bonds is 3. The minimum Gasteiger partial charge on any atom is -0.378 e. The van der Waals surface area contributed by atoms with E-state index in [1.54, 1.807) is 4.52 Å². The molecule has 0 aromatic carbocycles. The van der Waals surface area contributed by atoms with E-state index >= 15 is 0 Å². The molecule has 1 aliphatic heterocycles. The van der Waals surface area contributed by atoms with Crippen molar-refractivity contribution in [3.8, 4) is 0 Å². The molecule has 5 heteroatoms. The zero-order valence-corrected chi connectivity index (χ0v) is 10.4. The maximum Gasteiger partial charge on any atom is 0.160 e. The van der Waals surface area contributed by atoms with Crippen LogP contribution in [0.25, 0.3) is 5.65 Å². The third-order valence-corrected chi connectivity index (χ3v) is 3.39. The predicted octanol–water partition coefficient (Wildman–Crippen LogP) is 1.30. The van der Waals surface area contributed by atoms with Gasteiger partial charge in [0.25, 0.3) is 0 Å². The van der Waals surface area contributed by atoms with E-state index in [1.807, 2.05) is 18.3 Å². The van der Waals surface area contributed by atoms with Crippen LogP contribution in [0.15, 0.2) is 18.3 Å². The van der Waals surface area contributed by atoms with Gasteiger partial charge in [-0.05, 0) is 25.3 Å². The van der Waals surface area contributed by atoms with Crippen molar-refractivity contribution in [3.63, 3.8) is 0 Å². The summed E-state index contributed by atoms with van der Waals surface area (Å²) >= 11 is 0. The van der Waals surface area contributed by atoms with Gasteiger partial charge < -0.3 is 10.5 Å². The molecule has 2 aromatic rings. The average Bonchev–Trinajstić information content (AvgIpc) is 2.82. The van der Waals surface area contributed by atoms with Crippen molar-refractivity contribution in [2.45, 2.75) is 38.3 Å². The van der Waals surface area contributed by atoms with Crippen LogP contribution >= 0.6 is 0 Å². The Bertz CT molecular complexity index is 531. The third-order valence-electron chi connectivity index (χ3n) is 3.39. The topological polar surface area (TPSA) is 65.4 Å². The van der Waals surface area contributed by atoms with E-state index in [4.69, 9.17) is 10.5 Å². The van der Waals surface area contributed by atoms with Gasteiger partial charge in [-0.25, -0.2) is 9.50 Å². The zero-order valence-electron chi connectivity index (χ0n) is 10.4. The van der Waals surface area contributed by atoms with E-state index in [9.17, 15) is 0 Å². The minimum atomic E-state index is 0.275. The van der Waals surface area contributed by atoms with Crippen molar-refractivity contribution < 1.29 is 4.74 Å². The van der Waals surface area contributed by atoms with Crippen LogP contribution in [0.5, 0.6) is 0 Å². The third kappa shape index (κ3) is 2.23. The Hall–Kier alpha value is -1.46. The molecule has 0 radical (unpaired) electrons. The molecule has 2 N–H and O–H groups in total. The molecule has 1 unspecified atom stereocenters. The molecular formula is C13H18N4O. The van der Waals surface area contributed by atoms with Gasteiger partial charge in [0.1, 0.15) is 0 Å². The van der Waals surface area contributed by atoms with Crippen molar-refractivity contribution in [3.05, 3.63) is 29.7 Å². The summed E-state index contributed by atoms with van der Waals surface area (Å²) in [6, 6.07) is 3.94. The van der Waals surface area contributed by atoms with Crippen LogP contribution < -0.4 is 5.73 Å². The van der Waals surface area contributed by atoms with Crippen molar-refractivity contribution >= 4 is 5.65 Å². The van der Waals surface area contributed by atoms with E-state index in [2.05, 4.69) is 10.1 Å². The fourth-order valence-corrected chi connectivity index (χ4v) is 2.42. The summed E-state index contributed by atoms with van der Waals surface area (Å²) in [5.74, 6) is 0.850. The number of nitrogens with two attached hydrogens (primary N) is 1. The second-order valence-corrected chi connectivity index (χ2v) is 4.73. The highest BCUT2D eigenvalue weighted by atomic mass is 16.5. The second kappa shape index (κ2) is 5.04. The van der Waals surface area contributed by atoms with Crippen molar-refractivity contribution in [1.82, 2.24) is 14.6 Å². The van der Waals surface area contributed by atoms with E-state index in [1.165, 1.54) is 12.8 Å². The van der Waals surface area contributed by atoms with Gasteiger partial charge in [0.15, 0.2) is 11.5 Å². The molecular weight excluding hydrogens is 228 g/mol. The normalized spacial score (nSPS) is 20.4. The number of fused-ring (bicyclic) bond motifs is 1. The maximum atomic E-state index is 5.72. The van der Waals surface area contributed by atoms with Crippen molar-refractivity contribution in [2.75, 3.05) is 6.61 Å². The molecule has 0 aliphatic carbocycles. The molecule has 0 bridgehead atoms. The molecule has 2 aromatic heterocycles. The van der Waals surface area contributed by atoms with E-state index in [0.29, 0.717) is 6.54 Å². The number of ether oxygens (including phenoxy) is 1. The van der Waals surface area contributed by atoms with Gasteiger partial charge in [-0.2, -0.15) is 5.10 Å². The Morgan fingerprint density at radius 3 is 3.17 bits per heavy atom. The number of pyridine rings is 1. The molecule has 0 spiro atoms. The van der Waals surface area contributed by atoms with Crippen LogP contribution in [-0.4, -0.2) is 27.3 Å². The number of aromatic nitrogens is 3. The quantitative estimate of drug-likeness (QED) is 0.886. The Balaban J connectivity index is 1.84. The summed E-state index contributed by atoms with van der Waals surface area (Å²) in [4.78, 5) is 4.57. The molecule has 3 heterocycles. The van der Waals surface area contributed by atoms with Gasteiger partial charge in [0.2, 0.25) is 0 Å². The fraction of sp³-hybridized carbons (Fsp3) is 0.538. The van der Waals surface area contributed by atoms with Crippen LogP contribution in [0.3, 0.4) is 0 Å². The summed E-state index contributed by atoms with van der Waals surface area (Å²) in [5, 5.41) is 4.49. The Kier molecular flexibility index (Phi) is 3.25. The number of hydrogen-bond acceptors (Lipinski definition) is 4. The first-order valence-electron chi connectivity index (χ1n) is 6.51. The van der Waals surface area contributed by atoms with Crippen LogP contribution in [0.4, 0.5) is 0 Å². The first-order valence-corrected chi connectivity index (χ1v) is 6.51. The molecule has 1 atom stereocenters. The Morgan fingerprint density at radius 2 is 2.39 bits per heavy atom. The van der Waals surface area contributed by atoms with E-state index < -0.39 is 0 Å². The van der Waals surface area contributed by atoms with Gasteiger partial charge in [0, 0.05) is 31.3 Å². The monoisotopic (exact) mass is 246 g/mol. The molecule has 5 nitrogen and oxygen atoms in total. The second-order valence-electron chi connectivity index (χ2n) is 4.73. The molecule has 96 valence electrons. The summed E-state index contributed by atoms with van der Waals surface area (Å²) in [5.41, 5.74) is 7.60. The van der Waals surface area contributed by atoms with Crippen molar-refractivity contribution in [1.29, 1.82) is 0 Å². The van der Waals surface area contributed by atoms with Gasteiger partial charge >= 0.3 is 0 Å². The lowest BCUT2D eigenvalue weighted by atomic mass is 10.1. The lowest BCUT2D eigenvalue weighted by Gasteiger charge is -2.20. The van der Waals surface area contributed by atoms with Crippen molar-refractivity contribution in [2.24, 2.45) is 5.73 Å². The van der Waals surface area contributed by atoms with E-state index in [-0.39, 0.29) is 6.10 Å². The van der Waals surface area contributed by atoms with Gasteiger partial charge in [-0.3, -0.25) is 0 Å². The Morgan fingerprint density at radius 1 is 1.44 bits per heavy atom. The standard InChI is InChI=1S/C13H18N4O/c14-9-10-4-3-6-17-13(10)15-12(16-17)8-11-5-1-2-7-18-11/h3-4,6,11H,1-2,5,7-9,14H2. The van der Waals surface area contributed by atoms with Gasteiger partial charge in [-0.15, -0.1) is 0 Å². The number of nitrogens with zero attached hydrogens (tertiary/aromatic N) is 3. The van der Waals surface area contributed by atoms with E-state index in [0.717, 1.165) is 36.5 Å². The van der Waals surface area contributed by atoms with Crippen LogP contribution in [0.2, 0.25) is 0 Å². The lowest BCUT2D eigenvalue weighted by molar-refractivity contribution is 0.0157.